The second-order valence-corrected chi connectivity index (χ2v) is 9.09. The molecule has 1 unspecified atom stereocenters. The van der Waals surface area contributed by atoms with Crippen LogP contribution < -0.4 is 10.1 Å². The highest BCUT2D eigenvalue weighted by Gasteiger charge is 2.29. The van der Waals surface area contributed by atoms with Crippen molar-refractivity contribution in [2.24, 2.45) is 0 Å². The van der Waals surface area contributed by atoms with Gasteiger partial charge in [0.15, 0.2) is 6.10 Å². The van der Waals surface area contributed by atoms with Crippen LogP contribution in [-0.2, 0) is 14.8 Å². The SMILES string of the molecule is CCCCS(=O)(=O)N1CCC(NC(=O)C(C)Oc2ccc(Cl)cc2)CC1. The number of carbonyl (C=O) groups excluding carboxylic acids is 1. The van der Waals surface area contributed by atoms with Crippen LogP contribution >= 0.6 is 11.6 Å². The van der Waals surface area contributed by atoms with Gasteiger partial charge in [0, 0.05) is 24.2 Å². The van der Waals surface area contributed by atoms with E-state index in [1.807, 2.05) is 6.92 Å². The van der Waals surface area contributed by atoms with Crippen molar-refractivity contribution in [2.75, 3.05) is 18.8 Å². The number of sulfonamides is 1. The molecule has 1 N–H and O–H groups in total. The molecule has 2 rings (SSSR count). The molecule has 8 heteroatoms. The summed E-state index contributed by atoms with van der Waals surface area (Å²) < 4.78 is 31.6. The van der Waals surface area contributed by atoms with Crippen LogP contribution in [0.4, 0.5) is 0 Å². The predicted octanol–water partition coefficient (Wildman–Crippen LogP) is 2.82. The molecule has 0 aliphatic carbocycles. The van der Waals surface area contributed by atoms with E-state index in [1.165, 1.54) is 0 Å². The summed E-state index contributed by atoms with van der Waals surface area (Å²) in [5.41, 5.74) is 0. The third kappa shape index (κ3) is 6.14. The summed E-state index contributed by atoms with van der Waals surface area (Å²) in [6.45, 7) is 4.56. The highest BCUT2D eigenvalue weighted by atomic mass is 35.5. The predicted molar refractivity (Wildman–Crippen MR) is 103 cm³/mol. The molecule has 0 bridgehead atoms. The Hall–Kier alpha value is -1.31. The van der Waals surface area contributed by atoms with Crippen molar-refractivity contribution in [3.05, 3.63) is 29.3 Å². The molecule has 1 amide bonds. The maximum atomic E-state index is 12.3. The molecule has 146 valence electrons. The highest BCUT2D eigenvalue weighted by molar-refractivity contribution is 7.89. The van der Waals surface area contributed by atoms with Crippen LogP contribution in [-0.4, -0.2) is 49.6 Å². The maximum Gasteiger partial charge on any atom is 0.260 e. The summed E-state index contributed by atoms with van der Waals surface area (Å²) in [5.74, 6) is 0.577. The van der Waals surface area contributed by atoms with E-state index in [0.29, 0.717) is 43.1 Å². The first-order valence-electron chi connectivity index (χ1n) is 9.02. The number of ether oxygens (including phenoxy) is 1. The first-order chi connectivity index (χ1) is 12.3. The van der Waals surface area contributed by atoms with Gasteiger partial charge in [0.05, 0.1) is 5.75 Å². The normalized spacial score (nSPS) is 17.7. The molecule has 1 aliphatic heterocycles. The van der Waals surface area contributed by atoms with E-state index in [2.05, 4.69) is 5.32 Å². The van der Waals surface area contributed by atoms with Crippen LogP contribution in [0.3, 0.4) is 0 Å². The number of nitrogens with zero attached hydrogens (tertiary/aromatic N) is 1. The maximum absolute atomic E-state index is 12.3. The molecule has 0 spiro atoms. The van der Waals surface area contributed by atoms with Gasteiger partial charge in [-0.05, 0) is 50.5 Å². The first-order valence-corrected chi connectivity index (χ1v) is 11.0. The largest absolute Gasteiger partial charge is 0.481 e. The molecule has 1 atom stereocenters. The minimum Gasteiger partial charge on any atom is -0.481 e. The van der Waals surface area contributed by atoms with E-state index in [0.717, 1.165) is 6.42 Å². The van der Waals surface area contributed by atoms with Crippen molar-refractivity contribution in [3.8, 4) is 5.75 Å². The number of unbranched alkanes of at least 4 members (excludes halogenated alkanes) is 1. The molecular formula is C18H27ClN2O4S. The standard InChI is InChI=1S/C18H27ClN2O4S/c1-3-4-13-26(23,24)21-11-9-16(10-12-21)20-18(22)14(2)25-17-7-5-15(19)6-8-17/h5-8,14,16H,3-4,9-13H2,1-2H3,(H,20,22). The third-order valence-electron chi connectivity index (χ3n) is 4.45. The number of nitrogens with one attached hydrogen (secondary N) is 1. The lowest BCUT2D eigenvalue weighted by Gasteiger charge is -2.32. The Balaban J connectivity index is 1.79. The molecule has 1 aliphatic rings. The van der Waals surface area contributed by atoms with Crippen LogP contribution in [0.1, 0.15) is 39.5 Å². The lowest BCUT2D eigenvalue weighted by Crippen LogP contribution is -2.49. The Bertz CT molecular complexity index is 686. The first kappa shape index (κ1) is 21.0. The van der Waals surface area contributed by atoms with Gasteiger partial charge < -0.3 is 10.1 Å². The van der Waals surface area contributed by atoms with E-state index in [1.54, 1.807) is 35.5 Å². The average Bonchev–Trinajstić information content (AvgIpc) is 2.62. The fraction of sp³-hybridized carbons (Fsp3) is 0.611. The lowest BCUT2D eigenvalue weighted by molar-refractivity contribution is -0.128. The Morgan fingerprint density at radius 3 is 2.50 bits per heavy atom. The van der Waals surface area contributed by atoms with E-state index in [-0.39, 0.29) is 17.7 Å². The van der Waals surface area contributed by atoms with Crippen LogP contribution in [0.2, 0.25) is 5.02 Å². The minimum atomic E-state index is -3.17. The number of amides is 1. The number of rotatable bonds is 8. The summed E-state index contributed by atoms with van der Waals surface area (Å²) in [6, 6.07) is 6.81. The fourth-order valence-corrected chi connectivity index (χ4v) is 4.63. The number of piperidine rings is 1. The summed E-state index contributed by atoms with van der Waals surface area (Å²) in [6.07, 6.45) is 2.13. The van der Waals surface area contributed by atoms with E-state index in [9.17, 15) is 13.2 Å². The Morgan fingerprint density at radius 1 is 1.31 bits per heavy atom. The quantitative estimate of drug-likeness (QED) is 0.725. The monoisotopic (exact) mass is 402 g/mol. The number of halogens is 1. The lowest BCUT2D eigenvalue weighted by atomic mass is 10.1. The molecular weight excluding hydrogens is 376 g/mol. The third-order valence-corrected chi connectivity index (χ3v) is 6.65. The number of benzene rings is 1. The molecule has 1 heterocycles. The van der Waals surface area contributed by atoms with Gasteiger partial charge in [-0.1, -0.05) is 24.9 Å². The minimum absolute atomic E-state index is 0.0311. The van der Waals surface area contributed by atoms with Gasteiger partial charge in [0.2, 0.25) is 10.0 Å². The van der Waals surface area contributed by atoms with Crippen LogP contribution in [0.15, 0.2) is 24.3 Å². The zero-order valence-electron chi connectivity index (χ0n) is 15.3. The highest BCUT2D eigenvalue weighted by Crippen LogP contribution is 2.18. The van der Waals surface area contributed by atoms with Crippen molar-refractivity contribution >= 4 is 27.5 Å². The second-order valence-electron chi connectivity index (χ2n) is 6.57. The smallest absolute Gasteiger partial charge is 0.260 e. The number of hydrogen-bond acceptors (Lipinski definition) is 4. The van der Waals surface area contributed by atoms with Crippen LogP contribution in [0.5, 0.6) is 5.75 Å². The molecule has 0 saturated carbocycles. The molecule has 6 nitrogen and oxygen atoms in total. The Kier molecular flexibility index (Phi) is 7.73. The van der Waals surface area contributed by atoms with Gasteiger partial charge in [-0.3, -0.25) is 4.79 Å². The van der Waals surface area contributed by atoms with Crippen molar-refractivity contribution < 1.29 is 17.9 Å². The summed E-state index contributed by atoms with van der Waals surface area (Å²) in [5, 5.41) is 3.56. The van der Waals surface area contributed by atoms with Crippen molar-refractivity contribution in [2.45, 2.75) is 51.7 Å². The van der Waals surface area contributed by atoms with Gasteiger partial charge in [0.25, 0.3) is 5.91 Å². The molecule has 1 saturated heterocycles. The van der Waals surface area contributed by atoms with Crippen LogP contribution in [0.25, 0.3) is 0 Å². The molecule has 1 fully saturated rings. The topological polar surface area (TPSA) is 75.7 Å². The van der Waals surface area contributed by atoms with Crippen molar-refractivity contribution in [1.82, 2.24) is 9.62 Å². The Labute approximate surface area is 160 Å². The van der Waals surface area contributed by atoms with E-state index >= 15 is 0 Å². The van der Waals surface area contributed by atoms with Crippen molar-refractivity contribution in [1.29, 1.82) is 0 Å². The molecule has 0 radical (unpaired) electrons. The van der Waals surface area contributed by atoms with Crippen LogP contribution in [0, 0.1) is 0 Å². The zero-order chi connectivity index (χ0) is 19.2. The van der Waals surface area contributed by atoms with Gasteiger partial charge in [-0.15, -0.1) is 0 Å². The Morgan fingerprint density at radius 2 is 1.92 bits per heavy atom. The average molecular weight is 403 g/mol. The zero-order valence-corrected chi connectivity index (χ0v) is 16.9. The van der Waals surface area contributed by atoms with Gasteiger partial charge in [0.1, 0.15) is 5.75 Å². The van der Waals surface area contributed by atoms with E-state index < -0.39 is 16.1 Å². The fourth-order valence-electron chi connectivity index (χ4n) is 2.82. The molecule has 1 aromatic rings. The molecule has 1 aromatic carbocycles. The van der Waals surface area contributed by atoms with E-state index in [4.69, 9.17) is 16.3 Å². The summed E-state index contributed by atoms with van der Waals surface area (Å²) in [7, 11) is -3.17. The van der Waals surface area contributed by atoms with Gasteiger partial charge in [-0.2, -0.15) is 0 Å². The summed E-state index contributed by atoms with van der Waals surface area (Å²) >= 11 is 5.83. The van der Waals surface area contributed by atoms with Gasteiger partial charge >= 0.3 is 0 Å². The van der Waals surface area contributed by atoms with Gasteiger partial charge in [-0.25, -0.2) is 12.7 Å². The number of hydrogen-bond donors (Lipinski definition) is 1. The van der Waals surface area contributed by atoms with Crippen molar-refractivity contribution in [3.63, 3.8) is 0 Å². The molecule has 26 heavy (non-hydrogen) atoms. The second kappa shape index (κ2) is 9.58. The molecule has 0 aromatic heterocycles. The summed E-state index contributed by atoms with van der Waals surface area (Å²) in [4.78, 5) is 12.3. The number of carbonyl (C=O) groups is 1.